The van der Waals surface area contributed by atoms with Gasteiger partial charge in [-0.05, 0) is 38.0 Å². The van der Waals surface area contributed by atoms with Crippen molar-refractivity contribution in [2.75, 3.05) is 31.1 Å². The summed E-state index contributed by atoms with van der Waals surface area (Å²) >= 11 is 0. The lowest BCUT2D eigenvalue weighted by Gasteiger charge is -2.35. The Morgan fingerprint density at radius 3 is 2.34 bits per heavy atom. The molecule has 1 aliphatic heterocycles. The first-order valence-corrected chi connectivity index (χ1v) is 10.8. The second-order valence-corrected chi connectivity index (χ2v) is 8.57. The van der Waals surface area contributed by atoms with Crippen LogP contribution in [-0.4, -0.2) is 61.3 Å². The van der Waals surface area contributed by atoms with Gasteiger partial charge in [-0.2, -0.15) is 5.10 Å². The number of fused-ring (bicyclic) bond motifs is 1. The largest absolute Gasteiger partial charge is 0.352 e. The minimum absolute atomic E-state index is 0.164. The van der Waals surface area contributed by atoms with Crippen LogP contribution >= 0.6 is 0 Å². The highest BCUT2D eigenvalue weighted by Gasteiger charge is 2.27. The molecule has 3 aromatic heterocycles. The molecule has 10 nitrogen and oxygen atoms in total. The van der Waals surface area contributed by atoms with E-state index in [-0.39, 0.29) is 16.9 Å². The Kier molecular flexibility index (Phi) is 4.79. The fourth-order valence-corrected chi connectivity index (χ4v) is 4.22. The molecule has 1 aliphatic carbocycles. The molecule has 1 saturated carbocycles. The molecule has 0 N–H and O–H groups in total. The minimum Gasteiger partial charge on any atom is -0.352 e. The van der Waals surface area contributed by atoms with E-state index in [4.69, 9.17) is 0 Å². The number of piperazine rings is 1. The predicted molar refractivity (Wildman–Crippen MR) is 119 cm³/mol. The van der Waals surface area contributed by atoms with Gasteiger partial charge in [0.1, 0.15) is 5.65 Å². The van der Waals surface area contributed by atoms with Gasteiger partial charge in [0.15, 0.2) is 5.82 Å². The maximum atomic E-state index is 13.2. The molecule has 32 heavy (non-hydrogen) atoms. The van der Waals surface area contributed by atoms with Gasteiger partial charge in [0.25, 0.3) is 11.5 Å². The van der Waals surface area contributed by atoms with Gasteiger partial charge >= 0.3 is 5.69 Å². The van der Waals surface area contributed by atoms with Crippen LogP contribution in [-0.2, 0) is 14.1 Å². The molecule has 1 amide bonds. The molecule has 0 atom stereocenters. The van der Waals surface area contributed by atoms with E-state index in [2.05, 4.69) is 26.1 Å². The fourth-order valence-electron chi connectivity index (χ4n) is 4.22. The van der Waals surface area contributed by atoms with Gasteiger partial charge < -0.3 is 9.80 Å². The SMILES string of the molecule is Cc1nc2c(cc1C(=O)N1CCN(c3ccc(C4CC4)nn3)CC1)c(=O)n(C)c(=O)n2C. The Labute approximate surface area is 184 Å². The lowest BCUT2D eigenvalue weighted by Crippen LogP contribution is -2.49. The summed E-state index contributed by atoms with van der Waals surface area (Å²) < 4.78 is 2.36. The van der Waals surface area contributed by atoms with Crippen LogP contribution < -0.4 is 16.1 Å². The summed E-state index contributed by atoms with van der Waals surface area (Å²) in [5, 5.41) is 8.98. The zero-order chi connectivity index (χ0) is 22.6. The molecule has 0 unspecified atom stereocenters. The Hall–Kier alpha value is -3.56. The Bertz CT molecular complexity index is 1330. The summed E-state index contributed by atoms with van der Waals surface area (Å²) in [6.45, 7) is 4.10. The van der Waals surface area contributed by atoms with Gasteiger partial charge in [-0.25, -0.2) is 9.78 Å². The highest BCUT2D eigenvalue weighted by Crippen LogP contribution is 2.38. The summed E-state index contributed by atoms with van der Waals surface area (Å²) in [5.74, 6) is 1.24. The van der Waals surface area contributed by atoms with Crippen molar-refractivity contribution in [3.63, 3.8) is 0 Å². The Morgan fingerprint density at radius 2 is 1.72 bits per heavy atom. The molecule has 166 valence electrons. The molecule has 0 spiro atoms. The second-order valence-electron chi connectivity index (χ2n) is 8.57. The Morgan fingerprint density at radius 1 is 1.00 bits per heavy atom. The molecular weight excluding hydrogens is 410 g/mol. The van der Waals surface area contributed by atoms with Crippen LogP contribution in [0.1, 0.15) is 40.5 Å². The average molecular weight is 435 g/mol. The molecular formula is C22H25N7O3. The zero-order valence-electron chi connectivity index (χ0n) is 18.4. The standard InChI is InChI=1S/C22H25N7O3/c1-13-15(12-16-19(23-13)26(2)22(32)27(3)20(16)30)21(31)29-10-8-28(9-11-29)18-7-6-17(24-25-18)14-4-5-14/h6-7,12,14H,4-5,8-11H2,1-3H3. The number of carbonyl (C=O) groups excluding carboxylic acids is 1. The van der Waals surface area contributed by atoms with Crippen LogP contribution in [0.4, 0.5) is 5.82 Å². The summed E-state index contributed by atoms with van der Waals surface area (Å²) in [6, 6.07) is 5.63. The number of aryl methyl sites for hydroxylation is 2. The van der Waals surface area contributed by atoms with Crippen LogP contribution in [0.15, 0.2) is 27.8 Å². The van der Waals surface area contributed by atoms with E-state index >= 15 is 0 Å². The maximum Gasteiger partial charge on any atom is 0.332 e. The highest BCUT2D eigenvalue weighted by atomic mass is 16.2. The molecule has 2 aliphatic rings. The Balaban J connectivity index is 1.36. The average Bonchev–Trinajstić information content (AvgIpc) is 3.66. The number of amides is 1. The van der Waals surface area contributed by atoms with Crippen LogP contribution in [0, 0.1) is 6.92 Å². The summed E-state index contributed by atoms with van der Waals surface area (Å²) in [4.78, 5) is 46.3. The van der Waals surface area contributed by atoms with Crippen LogP contribution in [0.3, 0.4) is 0 Å². The number of hydrogen-bond acceptors (Lipinski definition) is 7. The van der Waals surface area contributed by atoms with E-state index in [0.717, 1.165) is 16.1 Å². The van der Waals surface area contributed by atoms with Gasteiger partial charge in [-0.3, -0.25) is 18.7 Å². The smallest absolute Gasteiger partial charge is 0.332 e. The third-order valence-corrected chi connectivity index (χ3v) is 6.41. The number of aromatic nitrogens is 5. The van der Waals surface area contributed by atoms with Crippen LogP contribution in [0.5, 0.6) is 0 Å². The van der Waals surface area contributed by atoms with Crippen LogP contribution in [0.2, 0.25) is 0 Å². The van der Waals surface area contributed by atoms with Crippen molar-refractivity contribution in [1.29, 1.82) is 0 Å². The van der Waals surface area contributed by atoms with E-state index < -0.39 is 11.2 Å². The van der Waals surface area contributed by atoms with Crippen molar-refractivity contribution >= 4 is 22.8 Å². The monoisotopic (exact) mass is 435 g/mol. The fraction of sp³-hybridized carbons (Fsp3) is 0.455. The predicted octanol–water partition coefficient (Wildman–Crippen LogP) is 0.570. The molecule has 10 heteroatoms. The van der Waals surface area contributed by atoms with Crippen molar-refractivity contribution < 1.29 is 4.79 Å². The molecule has 1 saturated heterocycles. The van der Waals surface area contributed by atoms with Crippen molar-refractivity contribution in [3.05, 3.63) is 56.0 Å². The number of hydrogen-bond donors (Lipinski definition) is 0. The third kappa shape index (κ3) is 3.35. The second kappa shape index (κ2) is 7.54. The summed E-state index contributed by atoms with van der Waals surface area (Å²) in [7, 11) is 2.99. The lowest BCUT2D eigenvalue weighted by atomic mass is 10.1. The number of rotatable bonds is 3. The maximum absolute atomic E-state index is 13.2. The van der Waals surface area contributed by atoms with Crippen LogP contribution in [0.25, 0.3) is 11.0 Å². The van der Waals surface area contributed by atoms with Gasteiger partial charge in [-0.15, -0.1) is 5.10 Å². The van der Waals surface area contributed by atoms with E-state index in [0.29, 0.717) is 43.4 Å². The molecule has 0 radical (unpaired) electrons. The van der Waals surface area contributed by atoms with E-state index in [1.54, 1.807) is 24.9 Å². The third-order valence-electron chi connectivity index (χ3n) is 6.41. The number of anilines is 1. The molecule has 4 heterocycles. The van der Waals surface area contributed by atoms with Crippen molar-refractivity contribution in [3.8, 4) is 0 Å². The van der Waals surface area contributed by atoms with Gasteiger partial charge in [0.2, 0.25) is 0 Å². The quantitative estimate of drug-likeness (QED) is 0.592. The van der Waals surface area contributed by atoms with Gasteiger partial charge in [0, 0.05) is 46.2 Å². The molecule has 0 aromatic carbocycles. The number of nitrogens with zero attached hydrogens (tertiary/aromatic N) is 7. The first kappa shape index (κ1) is 20.3. The van der Waals surface area contributed by atoms with Crippen molar-refractivity contribution in [1.82, 2.24) is 29.2 Å². The normalized spacial score (nSPS) is 16.6. The topological polar surface area (TPSA) is 106 Å². The highest BCUT2D eigenvalue weighted by molar-refractivity contribution is 5.98. The summed E-state index contributed by atoms with van der Waals surface area (Å²) in [5.41, 5.74) is 1.32. The zero-order valence-corrected chi connectivity index (χ0v) is 18.4. The van der Waals surface area contributed by atoms with E-state index in [1.807, 2.05) is 6.07 Å². The number of pyridine rings is 1. The van der Waals surface area contributed by atoms with Crippen molar-refractivity contribution in [2.45, 2.75) is 25.7 Å². The minimum atomic E-state index is -0.456. The molecule has 5 rings (SSSR count). The molecule has 2 fully saturated rings. The molecule has 0 bridgehead atoms. The van der Waals surface area contributed by atoms with E-state index in [1.165, 1.54) is 24.5 Å². The first-order chi connectivity index (χ1) is 15.3. The van der Waals surface area contributed by atoms with E-state index in [9.17, 15) is 14.4 Å². The number of carbonyl (C=O) groups is 1. The van der Waals surface area contributed by atoms with Crippen molar-refractivity contribution in [2.24, 2.45) is 14.1 Å². The summed E-state index contributed by atoms with van der Waals surface area (Å²) in [6.07, 6.45) is 2.39. The first-order valence-electron chi connectivity index (χ1n) is 10.8. The van der Waals surface area contributed by atoms with Gasteiger partial charge in [-0.1, -0.05) is 0 Å². The van der Waals surface area contributed by atoms with Gasteiger partial charge in [0.05, 0.1) is 22.3 Å². The lowest BCUT2D eigenvalue weighted by molar-refractivity contribution is 0.0745. The molecule has 3 aromatic rings.